The van der Waals surface area contributed by atoms with Gasteiger partial charge in [-0.3, -0.25) is 4.90 Å². The van der Waals surface area contributed by atoms with Crippen LogP contribution >= 0.6 is 24.0 Å². The molecule has 3 N–H and O–H groups in total. The van der Waals surface area contributed by atoms with E-state index < -0.39 is 0 Å². The molecule has 1 aliphatic rings. The van der Waals surface area contributed by atoms with Crippen molar-refractivity contribution >= 4 is 29.9 Å². The Bertz CT molecular complexity index is 530. The van der Waals surface area contributed by atoms with Crippen LogP contribution in [0.5, 0.6) is 0 Å². The number of halogens is 1. The first-order valence-electron chi connectivity index (χ1n) is 9.59. The average molecular weight is 474 g/mol. The van der Waals surface area contributed by atoms with Crippen LogP contribution in [0.15, 0.2) is 29.3 Å². The molecular formula is C20H35IN4O. The molecule has 0 atom stereocenters. The maximum atomic E-state index is 5.93. The van der Waals surface area contributed by atoms with Crippen LogP contribution < -0.4 is 11.1 Å². The number of rotatable bonds is 9. The Balaban J connectivity index is 0.00000338. The van der Waals surface area contributed by atoms with Gasteiger partial charge in [-0.25, -0.2) is 4.99 Å². The Morgan fingerprint density at radius 1 is 1.31 bits per heavy atom. The van der Waals surface area contributed by atoms with E-state index in [-0.39, 0.29) is 24.0 Å². The fourth-order valence-corrected chi connectivity index (χ4v) is 3.07. The molecule has 0 aromatic heterocycles. The first kappa shape index (κ1) is 23.2. The number of nitrogens with zero attached hydrogens (tertiary/aromatic N) is 2. The van der Waals surface area contributed by atoms with Crippen molar-refractivity contribution in [3.05, 3.63) is 35.4 Å². The molecule has 1 heterocycles. The van der Waals surface area contributed by atoms with Gasteiger partial charge in [0.1, 0.15) is 0 Å². The molecule has 1 aromatic carbocycles. The van der Waals surface area contributed by atoms with Crippen LogP contribution in [0.4, 0.5) is 0 Å². The highest BCUT2D eigenvalue weighted by molar-refractivity contribution is 14.0. The van der Waals surface area contributed by atoms with E-state index in [0.717, 1.165) is 38.6 Å². The predicted octanol–water partition coefficient (Wildman–Crippen LogP) is 3.37. The van der Waals surface area contributed by atoms with Gasteiger partial charge < -0.3 is 15.8 Å². The highest BCUT2D eigenvalue weighted by atomic mass is 127. The molecule has 1 fully saturated rings. The molecule has 0 unspecified atom stereocenters. The minimum Gasteiger partial charge on any atom is -0.382 e. The van der Waals surface area contributed by atoms with Crippen molar-refractivity contribution in [2.75, 3.05) is 32.8 Å². The lowest BCUT2D eigenvalue weighted by atomic mass is 9.98. The molecule has 0 amide bonds. The number of ether oxygens (including phenoxy) is 1. The molecule has 1 aliphatic heterocycles. The third-order valence-electron chi connectivity index (χ3n) is 4.68. The zero-order valence-electron chi connectivity index (χ0n) is 16.2. The summed E-state index contributed by atoms with van der Waals surface area (Å²) >= 11 is 0. The SMILES string of the molecule is CCOCCCNC(N)=NCc1cccc(CN2CCC(C)CC2)c1.I. The zero-order valence-corrected chi connectivity index (χ0v) is 18.6. The van der Waals surface area contributed by atoms with Gasteiger partial charge in [0.2, 0.25) is 0 Å². The van der Waals surface area contributed by atoms with Crippen LogP contribution in [-0.2, 0) is 17.8 Å². The molecule has 5 nitrogen and oxygen atoms in total. The van der Waals surface area contributed by atoms with E-state index in [9.17, 15) is 0 Å². The molecule has 0 saturated carbocycles. The molecule has 0 bridgehead atoms. The number of guanidine groups is 1. The molecule has 2 rings (SSSR count). The van der Waals surface area contributed by atoms with Gasteiger partial charge in [-0.15, -0.1) is 24.0 Å². The second-order valence-corrected chi connectivity index (χ2v) is 6.96. The summed E-state index contributed by atoms with van der Waals surface area (Å²) in [5.41, 5.74) is 8.50. The third kappa shape index (κ3) is 9.19. The Hall–Kier alpha value is -0.860. The largest absolute Gasteiger partial charge is 0.382 e. The number of nitrogens with two attached hydrogens (primary N) is 1. The van der Waals surface area contributed by atoms with Crippen molar-refractivity contribution in [2.45, 2.75) is 46.2 Å². The van der Waals surface area contributed by atoms with Gasteiger partial charge in [0, 0.05) is 26.3 Å². The molecule has 26 heavy (non-hydrogen) atoms. The maximum absolute atomic E-state index is 5.93. The number of piperidine rings is 1. The van der Waals surface area contributed by atoms with E-state index >= 15 is 0 Å². The van der Waals surface area contributed by atoms with Gasteiger partial charge in [0.25, 0.3) is 0 Å². The summed E-state index contributed by atoms with van der Waals surface area (Å²) in [7, 11) is 0. The van der Waals surface area contributed by atoms with E-state index in [4.69, 9.17) is 10.5 Å². The van der Waals surface area contributed by atoms with Crippen LogP contribution in [0.2, 0.25) is 0 Å². The maximum Gasteiger partial charge on any atom is 0.188 e. The minimum atomic E-state index is 0. The average Bonchev–Trinajstić information content (AvgIpc) is 2.62. The van der Waals surface area contributed by atoms with Gasteiger partial charge in [-0.1, -0.05) is 31.2 Å². The number of benzene rings is 1. The second kappa shape index (κ2) is 13.3. The number of hydrogen-bond donors (Lipinski definition) is 2. The summed E-state index contributed by atoms with van der Waals surface area (Å²) in [6.07, 6.45) is 3.57. The Kier molecular flexibility index (Phi) is 11.9. The zero-order chi connectivity index (χ0) is 17.9. The van der Waals surface area contributed by atoms with Crippen molar-refractivity contribution in [3.8, 4) is 0 Å². The Labute approximate surface area is 175 Å². The van der Waals surface area contributed by atoms with Crippen molar-refractivity contribution in [1.29, 1.82) is 0 Å². The number of likely N-dealkylation sites (tertiary alicyclic amines) is 1. The lowest BCUT2D eigenvalue weighted by Gasteiger charge is -2.30. The first-order chi connectivity index (χ1) is 12.2. The van der Waals surface area contributed by atoms with E-state index in [1.807, 2.05) is 6.92 Å². The molecule has 0 spiro atoms. The lowest BCUT2D eigenvalue weighted by Crippen LogP contribution is -2.33. The molecule has 0 aliphatic carbocycles. The third-order valence-corrected chi connectivity index (χ3v) is 4.68. The Morgan fingerprint density at radius 2 is 2.04 bits per heavy atom. The number of nitrogens with one attached hydrogen (secondary N) is 1. The first-order valence-corrected chi connectivity index (χ1v) is 9.59. The molecule has 1 aromatic rings. The standard InChI is InChI=1S/C20H34N4O.HI/c1-3-25-13-5-10-22-20(21)23-15-18-6-4-7-19(14-18)16-24-11-8-17(2)9-12-24;/h4,6-7,14,17H,3,5,8-13,15-16H2,1-2H3,(H3,21,22,23);1H. The van der Waals surface area contributed by atoms with Crippen molar-refractivity contribution in [3.63, 3.8) is 0 Å². The summed E-state index contributed by atoms with van der Waals surface area (Å²) < 4.78 is 5.30. The fraction of sp³-hybridized carbons (Fsp3) is 0.650. The number of hydrogen-bond acceptors (Lipinski definition) is 3. The topological polar surface area (TPSA) is 62.9 Å². The van der Waals surface area contributed by atoms with Crippen molar-refractivity contribution in [2.24, 2.45) is 16.6 Å². The van der Waals surface area contributed by atoms with E-state index in [2.05, 4.69) is 46.4 Å². The van der Waals surface area contributed by atoms with Gasteiger partial charge in [-0.2, -0.15) is 0 Å². The molecule has 6 heteroatoms. The van der Waals surface area contributed by atoms with Gasteiger partial charge in [0.05, 0.1) is 6.54 Å². The summed E-state index contributed by atoms with van der Waals surface area (Å²) in [6, 6.07) is 8.70. The highest BCUT2D eigenvalue weighted by Gasteiger charge is 2.15. The van der Waals surface area contributed by atoms with Gasteiger partial charge in [-0.05, 0) is 56.3 Å². The monoisotopic (exact) mass is 474 g/mol. The summed E-state index contributed by atoms with van der Waals surface area (Å²) in [5.74, 6) is 1.38. The smallest absolute Gasteiger partial charge is 0.188 e. The van der Waals surface area contributed by atoms with Crippen molar-refractivity contribution in [1.82, 2.24) is 10.2 Å². The predicted molar refractivity (Wildman–Crippen MR) is 120 cm³/mol. The lowest BCUT2D eigenvalue weighted by molar-refractivity contribution is 0.145. The van der Waals surface area contributed by atoms with Crippen LogP contribution in [-0.4, -0.2) is 43.7 Å². The summed E-state index contributed by atoms with van der Waals surface area (Å²) in [6.45, 7) is 10.7. The van der Waals surface area contributed by atoms with Crippen LogP contribution in [0, 0.1) is 5.92 Å². The quantitative estimate of drug-likeness (QED) is 0.249. The Morgan fingerprint density at radius 3 is 2.77 bits per heavy atom. The normalized spacial score (nSPS) is 16.3. The minimum absolute atomic E-state index is 0. The summed E-state index contributed by atoms with van der Waals surface area (Å²) in [5, 5.41) is 3.14. The van der Waals surface area contributed by atoms with E-state index in [1.165, 1.54) is 37.1 Å². The van der Waals surface area contributed by atoms with Crippen LogP contribution in [0.1, 0.15) is 44.2 Å². The van der Waals surface area contributed by atoms with Crippen LogP contribution in [0.25, 0.3) is 0 Å². The summed E-state index contributed by atoms with van der Waals surface area (Å²) in [4.78, 5) is 6.99. The van der Waals surface area contributed by atoms with E-state index in [0.29, 0.717) is 12.5 Å². The molecule has 0 radical (unpaired) electrons. The molecular weight excluding hydrogens is 439 g/mol. The second-order valence-electron chi connectivity index (χ2n) is 6.96. The fourth-order valence-electron chi connectivity index (χ4n) is 3.07. The number of aliphatic imine (C=N–C) groups is 1. The highest BCUT2D eigenvalue weighted by Crippen LogP contribution is 2.18. The van der Waals surface area contributed by atoms with Gasteiger partial charge >= 0.3 is 0 Å². The van der Waals surface area contributed by atoms with Crippen molar-refractivity contribution < 1.29 is 4.74 Å². The molecule has 1 saturated heterocycles. The van der Waals surface area contributed by atoms with Gasteiger partial charge in [0.15, 0.2) is 5.96 Å². The van der Waals surface area contributed by atoms with Crippen LogP contribution in [0.3, 0.4) is 0 Å². The molecule has 148 valence electrons. The van der Waals surface area contributed by atoms with E-state index in [1.54, 1.807) is 0 Å².